The highest BCUT2D eigenvalue weighted by atomic mass is 32.1. The summed E-state index contributed by atoms with van der Waals surface area (Å²) in [5.74, 6) is 0.0319. The van der Waals surface area contributed by atoms with E-state index in [0.29, 0.717) is 17.7 Å². The van der Waals surface area contributed by atoms with Gasteiger partial charge in [0.05, 0.1) is 5.56 Å². The number of nitrogens with zero attached hydrogens (tertiary/aromatic N) is 2. The van der Waals surface area contributed by atoms with Gasteiger partial charge < -0.3 is 4.90 Å². The molecule has 0 saturated carbocycles. The first-order valence-corrected chi connectivity index (χ1v) is 9.27. The van der Waals surface area contributed by atoms with Crippen LogP contribution in [0.3, 0.4) is 0 Å². The predicted molar refractivity (Wildman–Crippen MR) is 94.3 cm³/mol. The van der Waals surface area contributed by atoms with Gasteiger partial charge in [-0.1, -0.05) is 24.3 Å². The number of likely N-dealkylation sites (tertiary alicyclic amines) is 1. The van der Waals surface area contributed by atoms with Gasteiger partial charge in [0.15, 0.2) is 6.29 Å². The van der Waals surface area contributed by atoms with E-state index < -0.39 is 0 Å². The van der Waals surface area contributed by atoms with E-state index in [1.54, 1.807) is 17.4 Å². The van der Waals surface area contributed by atoms with Gasteiger partial charge in [-0.3, -0.25) is 14.5 Å². The molecule has 1 amide bonds. The highest BCUT2D eigenvalue weighted by Gasteiger charge is 2.35. The number of aldehydes is 1. The molecule has 2 aromatic rings. The van der Waals surface area contributed by atoms with Crippen LogP contribution in [-0.2, 0) is 13.1 Å². The summed E-state index contributed by atoms with van der Waals surface area (Å²) in [6, 6.07) is 10.1. The maximum atomic E-state index is 12.8. The van der Waals surface area contributed by atoms with E-state index in [1.807, 2.05) is 17.0 Å². The Morgan fingerprint density at radius 3 is 2.71 bits per heavy atom. The number of thiophene rings is 1. The number of fused-ring (bicyclic) bond motifs is 1. The topological polar surface area (TPSA) is 40.6 Å². The third kappa shape index (κ3) is 2.78. The largest absolute Gasteiger partial charge is 0.331 e. The van der Waals surface area contributed by atoms with Crippen molar-refractivity contribution in [3.05, 3.63) is 57.3 Å². The van der Waals surface area contributed by atoms with Crippen LogP contribution in [0.4, 0.5) is 0 Å². The molecule has 3 heterocycles. The Morgan fingerprint density at radius 1 is 1.17 bits per heavy atom. The van der Waals surface area contributed by atoms with Crippen molar-refractivity contribution in [2.75, 3.05) is 13.1 Å². The molecule has 1 fully saturated rings. The van der Waals surface area contributed by atoms with Gasteiger partial charge in [0.2, 0.25) is 0 Å². The van der Waals surface area contributed by atoms with Crippen molar-refractivity contribution in [2.24, 2.45) is 0 Å². The zero-order valence-corrected chi connectivity index (χ0v) is 14.3. The molecule has 0 atom stereocenters. The molecule has 0 bridgehead atoms. The van der Waals surface area contributed by atoms with Crippen molar-refractivity contribution >= 4 is 23.5 Å². The summed E-state index contributed by atoms with van der Waals surface area (Å²) >= 11 is 1.80. The van der Waals surface area contributed by atoms with Gasteiger partial charge in [-0.15, -0.1) is 11.3 Å². The minimum atomic E-state index is 0.0319. The molecule has 1 saturated heterocycles. The second kappa shape index (κ2) is 6.49. The lowest BCUT2D eigenvalue weighted by Gasteiger charge is -2.36. The Kier molecular flexibility index (Phi) is 4.21. The van der Waals surface area contributed by atoms with E-state index in [-0.39, 0.29) is 11.9 Å². The smallest absolute Gasteiger partial charge is 0.255 e. The molecule has 4 nitrogen and oxygen atoms in total. The first kappa shape index (κ1) is 15.5. The average molecular weight is 340 g/mol. The number of rotatable bonds is 4. The van der Waals surface area contributed by atoms with Crippen molar-refractivity contribution in [1.29, 1.82) is 0 Å². The van der Waals surface area contributed by atoms with Crippen molar-refractivity contribution in [1.82, 2.24) is 9.80 Å². The molecule has 2 aliphatic heterocycles. The van der Waals surface area contributed by atoms with Gasteiger partial charge in [0.1, 0.15) is 0 Å². The first-order valence-electron chi connectivity index (χ1n) is 8.39. The number of piperidine rings is 1. The quantitative estimate of drug-likeness (QED) is 0.803. The van der Waals surface area contributed by atoms with E-state index in [0.717, 1.165) is 44.3 Å². The molecule has 2 aliphatic rings. The van der Waals surface area contributed by atoms with Crippen molar-refractivity contribution in [3.63, 3.8) is 0 Å². The van der Waals surface area contributed by atoms with Crippen LogP contribution in [0, 0.1) is 0 Å². The average Bonchev–Trinajstić information content (AvgIpc) is 3.24. The summed E-state index contributed by atoms with van der Waals surface area (Å²) in [5.41, 5.74) is 2.13. The van der Waals surface area contributed by atoms with Crippen LogP contribution in [0.15, 0.2) is 35.7 Å². The zero-order valence-electron chi connectivity index (χ0n) is 13.5. The van der Waals surface area contributed by atoms with Crippen molar-refractivity contribution in [3.8, 4) is 0 Å². The minimum Gasteiger partial charge on any atom is -0.331 e. The second-order valence-corrected chi connectivity index (χ2v) is 7.55. The van der Waals surface area contributed by atoms with Gasteiger partial charge in [0.25, 0.3) is 5.91 Å². The highest BCUT2D eigenvalue weighted by Crippen LogP contribution is 2.30. The van der Waals surface area contributed by atoms with E-state index in [9.17, 15) is 9.59 Å². The zero-order chi connectivity index (χ0) is 16.5. The molecule has 24 heavy (non-hydrogen) atoms. The summed E-state index contributed by atoms with van der Waals surface area (Å²) in [6.45, 7) is 3.69. The maximum absolute atomic E-state index is 12.8. The van der Waals surface area contributed by atoms with Gasteiger partial charge in [-0.2, -0.15) is 0 Å². The first-order chi connectivity index (χ1) is 11.8. The van der Waals surface area contributed by atoms with Crippen LogP contribution < -0.4 is 0 Å². The normalized spacial score (nSPS) is 18.8. The minimum absolute atomic E-state index is 0.0319. The number of carbonyl (C=O) groups excluding carboxylic acids is 2. The fourth-order valence-electron chi connectivity index (χ4n) is 3.82. The van der Waals surface area contributed by atoms with Crippen LogP contribution in [0.5, 0.6) is 0 Å². The molecule has 0 spiro atoms. The molecule has 0 N–H and O–H groups in total. The Labute approximate surface area is 145 Å². The molecule has 4 rings (SSSR count). The van der Waals surface area contributed by atoms with Crippen LogP contribution in [0.1, 0.15) is 44.0 Å². The van der Waals surface area contributed by atoms with E-state index in [1.165, 1.54) is 4.88 Å². The molecule has 0 radical (unpaired) electrons. The molecular weight excluding hydrogens is 320 g/mol. The molecule has 1 aromatic heterocycles. The number of amides is 1. The summed E-state index contributed by atoms with van der Waals surface area (Å²) in [6.07, 6.45) is 2.80. The van der Waals surface area contributed by atoms with Crippen molar-refractivity contribution in [2.45, 2.75) is 32.0 Å². The van der Waals surface area contributed by atoms with Crippen LogP contribution >= 0.6 is 11.3 Å². The lowest BCUT2D eigenvalue weighted by atomic mass is 10.0. The number of carbonyl (C=O) groups is 2. The van der Waals surface area contributed by atoms with Gasteiger partial charge in [-0.05, 0) is 29.9 Å². The molecule has 124 valence electrons. The lowest BCUT2D eigenvalue weighted by molar-refractivity contribution is 0.0590. The predicted octanol–water partition coefficient (Wildman–Crippen LogP) is 3.18. The van der Waals surface area contributed by atoms with Gasteiger partial charge in [-0.25, -0.2) is 0 Å². The Bertz CT molecular complexity index is 749. The second-order valence-electron chi connectivity index (χ2n) is 6.52. The molecular formula is C19H20N2O2S. The van der Waals surface area contributed by atoms with Crippen molar-refractivity contribution < 1.29 is 9.59 Å². The van der Waals surface area contributed by atoms with Gasteiger partial charge in [0, 0.05) is 42.7 Å². The SMILES string of the molecule is O=Cc1cccc2c1C(=O)N(C1CCN(Cc3cccs3)CC1)C2. The molecule has 1 aromatic carbocycles. The third-order valence-corrected chi connectivity index (χ3v) is 5.94. The van der Waals surface area contributed by atoms with Crippen LogP contribution in [0.2, 0.25) is 0 Å². The lowest BCUT2D eigenvalue weighted by Crippen LogP contribution is -2.44. The van der Waals surface area contributed by atoms with Crippen LogP contribution in [-0.4, -0.2) is 41.1 Å². The molecule has 5 heteroatoms. The standard InChI is InChI=1S/C19H20N2O2S/c22-13-15-4-1-3-14-11-21(19(23)18(14)15)16-6-8-20(9-7-16)12-17-5-2-10-24-17/h1-5,10,13,16H,6-9,11-12H2. The summed E-state index contributed by atoms with van der Waals surface area (Å²) in [4.78, 5) is 29.8. The monoisotopic (exact) mass is 340 g/mol. The summed E-state index contributed by atoms with van der Waals surface area (Å²) < 4.78 is 0. The van der Waals surface area contributed by atoms with E-state index in [2.05, 4.69) is 22.4 Å². The Morgan fingerprint density at radius 2 is 2.00 bits per heavy atom. The number of benzene rings is 1. The summed E-state index contributed by atoms with van der Waals surface area (Å²) in [7, 11) is 0. The van der Waals surface area contributed by atoms with E-state index in [4.69, 9.17) is 0 Å². The summed E-state index contributed by atoms with van der Waals surface area (Å²) in [5, 5.41) is 2.12. The third-order valence-electron chi connectivity index (χ3n) is 5.08. The number of hydrogen-bond acceptors (Lipinski definition) is 4. The fourth-order valence-corrected chi connectivity index (χ4v) is 4.56. The maximum Gasteiger partial charge on any atom is 0.255 e. The number of hydrogen-bond donors (Lipinski definition) is 0. The Hall–Kier alpha value is -1.98. The Balaban J connectivity index is 1.42. The van der Waals surface area contributed by atoms with Crippen LogP contribution in [0.25, 0.3) is 0 Å². The molecule has 0 unspecified atom stereocenters. The van der Waals surface area contributed by atoms with E-state index >= 15 is 0 Å². The molecule has 0 aliphatic carbocycles. The fraction of sp³-hybridized carbons (Fsp3) is 0.368. The van der Waals surface area contributed by atoms with Gasteiger partial charge >= 0.3 is 0 Å². The highest BCUT2D eigenvalue weighted by molar-refractivity contribution is 7.09.